The van der Waals surface area contributed by atoms with Crippen LogP contribution >= 0.6 is 11.6 Å². The summed E-state index contributed by atoms with van der Waals surface area (Å²) < 4.78 is 42.2. The highest BCUT2D eigenvalue weighted by Crippen LogP contribution is 2.27. The van der Waals surface area contributed by atoms with Gasteiger partial charge in [0.1, 0.15) is 24.1 Å². The summed E-state index contributed by atoms with van der Waals surface area (Å²) in [6, 6.07) is 5.98. The summed E-state index contributed by atoms with van der Waals surface area (Å²) in [6.07, 6.45) is -4.59. The van der Waals surface area contributed by atoms with Gasteiger partial charge in [-0.25, -0.2) is 0 Å². The van der Waals surface area contributed by atoms with Crippen molar-refractivity contribution in [3.63, 3.8) is 0 Å². The number of halogens is 4. The number of alkyl halides is 3. The molecular formula is C10H10ClF3N2O. The number of benzene rings is 1. The molecule has 0 aliphatic heterocycles. The number of ether oxygens (including phenoxy) is 1. The van der Waals surface area contributed by atoms with Crippen molar-refractivity contribution in [2.24, 2.45) is 11.7 Å². The highest BCUT2D eigenvalue weighted by molar-refractivity contribution is 6.30. The lowest BCUT2D eigenvalue weighted by molar-refractivity contribution is -0.162. The van der Waals surface area contributed by atoms with Crippen molar-refractivity contribution in [3.05, 3.63) is 29.3 Å². The molecule has 94 valence electrons. The third-order valence-electron chi connectivity index (χ3n) is 1.98. The predicted octanol–water partition coefficient (Wildman–Crippen LogP) is 2.83. The number of hydrogen-bond donors (Lipinski definition) is 2. The highest BCUT2D eigenvalue weighted by atomic mass is 35.5. The molecule has 1 rings (SSSR count). The normalized spacial score (nSPS) is 13.2. The molecular weight excluding hydrogens is 257 g/mol. The van der Waals surface area contributed by atoms with E-state index in [-0.39, 0.29) is 5.75 Å². The molecule has 0 radical (unpaired) electrons. The van der Waals surface area contributed by atoms with E-state index in [1.54, 1.807) is 12.1 Å². The Labute approximate surface area is 101 Å². The molecule has 0 spiro atoms. The van der Waals surface area contributed by atoms with Crippen LogP contribution in [0.4, 0.5) is 13.2 Å². The van der Waals surface area contributed by atoms with Crippen molar-refractivity contribution in [3.8, 4) is 5.75 Å². The zero-order valence-electron chi connectivity index (χ0n) is 8.59. The highest BCUT2D eigenvalue weighted by Gasteiger charge is 2.42. The molecule has 0 saturated heterocycles. The summed E-state index contributed by atoms with van der Waals surface area (Å²) in [5.41, 5.74) is 4.87. The summed E-state index contributed by atoms with van der Waals surface area (Å²) in [6.45, 7) is -0.737. The van der Waals surface area contributed by atoms with Crippen LogP contribution in [0.5, 0.6) is 5.75 Å². The monoisotopic (exact) mass is 266 g/mol. The molecule has 17 heavy (non-hydrogen) atoms. The van der Waals surface area contributed by atoms with Gasteiger partial charge in [0.25, 0.3) is 0 Å². The van der Waals surface area contributed by atoms with E-state index in [1.807, 2.05) is 0 Å². The zero-order valence-corrected chi connectivity index (χ0v) is 9.35. The number of nitrogens with one attached hydrogen (secondary N) is 1. The van der Waals surface area contributed by atoms with E-state index >= 15 is 0 Å². The average Bonchev–Trinajstić information content (AvgIpc) is 2.15. The first-order valence-electron chi connectivity index (χ1n) is 4.59. The molecule has 0 aromatic heterocycles. The van der Waals surface area contributed by atoms with E-state index in [4.69, 9.17) is 27.5 Å². The molecule has 0 fully saturated rings. The van der Waals surface area contributed by atoms with E-state index in [2.05, 4.69) is 0 Å². The Morgan fingerprint density at radius 2 is 2.12 bits per heavy atom. The first-order chi connectivity index (χ1) is 7.80. The van der Waals surface area contributed by atoms with Crippen LogP contribution in [0.2, 0.25) is 5.02 Å². The van der Waals surface area contributed by atoms with Gasteiger partial charge in [-0.1, -0.05) is 17.7 Å². The molecule has 0 amide bonds. The minimum absolute atomic E-state index is 0.202. The molecule has 0 aliphatic rings. The molecule has 3 N–H and O–H groups in total. The lowest BCUT2D eigenvalue weighted by Gasteiger charge is -2.19. The van der Waals surface area contributed by atoms with Crippen LogP contribution in [0.25, 0.3) is 0 Å². The molecule has 1 aromatic rings. The second-order valence-corrected chi connectivity index (χ2v) is 3.75. The smallest absolute Gasteiger partial charge is 0.401 e. The van der Waals surface area contributed by atoms with Gasteiger partial charge in [0, 0.05) is 5.02 Å². The molecule has 1 atom stereocenters. The van der Waals surface area contributed by atoms with E-state index < -0.39 is 24.5 Å². The number of nitrogens with two attached hydrogens (primary N) is 1. The Morgan fingerprint density at radius 3 is 2.59 bits per heavy atom. The molecule has 1 aromatic carbocycles. The van der Waals surface area contributed by atoms with Crippen molar-refractivity contribution in [2.75, 3.05) is 6.61 Å². The SMILES string of the molecule is N=C(N)C(COc1cccc(Cl)c1)C(F)(F)F. The largest absolute Gasteiger partial charge is 0.492 e. The minimum Gasteiger partial charge on any atom is -0.492 e. The summed E-state index contributed by atoms with van der Waals surface area (Å²) in [5, 5.41) is 7.22. The summed E-state index contributed by atoms with van der Waals surface area (Å²) in [7, 11) is 0. The van der Waals surface area contributed by atoms with Gasteiger partial charge in [-0.05, 0) is 18.2 Å². The third kappa shape index (κ3) is 4.14. The van der Waals surface area contributed by atoms with Crippen molar-refractivity contribution in [1.29, 1.82) is 5.41 Å². The first-order valence-corrected chi connectivity index (χ1v) is 4.97. The zero-order chi connectivity index (χ0) is 13.1. The van der Waals surface area contributed by atoms with E-state index in [9.17, 15) is 13.2 Å². The summed E-state index contributed by atoms with van der Waals surface area (Å²) >= 11 is 5.64. The van der Waals surface area contributed by atoms with Crippen LogP contribution in [-0.2, 0) is 0 Å². The van der Waals surface area contributed by atoms with Crippen LogP contribution in [0.1, 0.15) is 0 Å². The van der Waals surface area contributed by atoms with Gasteiger partial charge in [-0.15, -0.1) is 0 Å². The fourth-order valence-corrected chi connectivity index (χ4v) is 1.28. The van der Waals surface area contributed by atoms with Crippen LogP contribution in [-0.4, -0.2) is 18.6 Å². The fraction of sp³-hybridized carbons (Fsp3) is 0.300. The number of amidine groups is 1. The Kier molecular flexibility index (Phi) is 4.22. The van der Waals surface area contributed by atoms with Crippen molar-refractivity contribution >= 4 is 17.4 Å². The van der Waals surface area contributed by atoms with Gasteiger partial charge in [0.15, 0.2) is 0 Å². The standard InChI is InChI=1S/C10H10ClF3N2O/c11-6-2-1-3-7(4-6)17-5-8(9(15)16)10(12,13)14/h1-4,8H,5H2,(H3,15,16). The molecule has 7 heteroatoms. The van der Waals surface area contributed by atoms with Crippen molar-refractivity contribution in [2.45, 2.75) is 6.18 Å². The Morgan fingerprint density at radius 1 is 1.47 bits per heavy atom. The van der Waals surface area contributed by atoms with Crippen molar-refractivity contribution in [1.82, 2.24) is 0 Å². The second kappa shape index (κ2) is 5.27. The maximum Gasteiger partial charge on any atom is 0.401 e. The Balaban J connectivity index is 2.68. The Hall–Kier alpha value is -1.43. The second-order valence-electron chi connectivity index (χ2n) is 3.32. The van der Waals surface area contributed by atoms with Crippen LogP contribution in [0.3, 0.4) is 0 Å². The molecule has 1 unspecified atom stereocenters. The van der Waals surface area contributed by atoms with Gasteiger partial charge in [0.05, 0.1) is 0 Å². The quantitative estimate of drug-likeness (QED) is 0.650. The number of hydrogen-bond acceptors (Lipinski definition) is 2. The topological polar surface area (TPSA) is 59.1 Å². The molecule has 0 bridgehead atoms. The van der Waals surface area contributed by atoms with Crippen LogP contribution in [0.15, 0.2) is 24.3 Å². The van der Waals surface area contributed by atoms with Gasteiger partial charge < -0.3 is 10.5 Å². The number of rotatable bonds is 4. The van der Waals surface area contributed by atoms with Crippen molar-refractivity contribution < 1.29 is 17.9 Å². The average molecular weight is 267 g/mol. The minimum atomic E-state index is -4.59. The maximum absolute atomic E-state index is 12.4. The van der Waals surface area contributed by atoms with Crippen LogP contribution < -0.4 is 10.5 Å². The summed E-state index contributed by atoms with van der Waals surface area (Å²) in [5.74, 6) is -2.88. The van der Waals surface area contributed by atoms with Gasteiger partial charge in [-0.2, -0.15) is 13.2 Å². The molecule has 0 heterocycles. The van der Waals surface area contributed by atoms with Crippen LogP contribution in [0, 0.1) is 11.3 Å². The molecule has 0 saturated carbocycles. The predicted molar refractivity (Wildman–Crippen MR) is 58.4 cm³/mol. The third-order valence-corrected chi connectivity index (χ3v) is 2.22. The van der Waals surface area contributed by atoms with Gasteiger partial charge >= 0.3 is 6.18 Å². The maximum atomic E-state index is 12.4. The van der Waals surface area contributed by atoms with E-state index in [0.29, 0.717) is 5.02 Å². The molecule has 3 nitrogen and oxygen atoms in total. The van der Waals surface area contributed by atoms with E-state index in [1.165, 1.54) is 12.1 Å². The lowest BCUT2D eigenvalue weighted by Crippen LogP contribution is -2.39. The first kappa shape index (κ1) is 13.6. The fourth-order valence-electron chi connectivity index (χ4n) is 1.10. The van der Waals surface area contributed by atoms with E-state index in [0.717, 1.165) is 0 Å². The Bertz CT molecular complexity index is 409. The van der Waals surface area contributed by atoms with Gasteiger partial charge in [0.2, 0.25) is 0 Å². The molecule has 0 aliphatic carbocycles. The summed E-state index contributed by atoms with van der Waals surface area (Å²) in [4.78, 5) is 0. The van der Waals surface area contributed by atoms with Gasteiger partial charge in [-0.3, -0.25) is 5.41 Å². The lowest BCUT2D eigenvalue weighted by atomic mass is 10.1.